The number of nitrogens with zero attached hydrogens (tertiary/aromatic N) is 2. The monoisotopic (exact) mass is 388 g/mol. The lowest BCUT2D eigenvalue weighted by Gasteiger charge is -2.12. The van der Waals surface area contributed by atoms with E-state index in [2.05, 4.69) is 20.2 Å². The van der Waals surface area contributed by atoms with Crippen LogP contribution in [-0.2, 0) is 10.0 Å². The smallest absolute Gasteiger partial charge is 0.263 e. The number of benzene rings is 2. The van der Waals surface area contributed by atoms with Crippen molar-refractivity contribution in [3.8, 4) is 0 Å². The quantitative estimate of drug-likeness (QED) is 0.681. The van der Waals surface area contributed by atoms with E-state index in [-0.39, 0.29) is 10.7 Å². The molecule has 0 aliphatic carbocycles. The summed E-state index contributed by atoms with van der Waals surface area (Å²) in [6.07, 6.45) is 0. The van der Waals surface area contributed by atoms with Gasteiger partial charge in [0.2, 0.25) is 0 Å². The van der Waals surface area contributed by atoms with Gasteiger partial charge in [-0.3, -0.25) is 4.72 Å². The van der Waals surface area contributed by atoms with Gasteiger partial charge in [-0.2, -0.15) is 0 Å². The lowest BCUT2D eigenvalue weighted by molar-refractivity contribution is 0.601. The van der Waals surface area contributed by atoms with Crippen LogP contribution in [0.15, 0.2) is 59.5 Å². The molecule has 2 aromatic carbocycles. The number of hydrogen-bond acceptors (Lipinski definition) is 5. The second kappa shape index (κ2) is 7.31. The lowest BCUT2D eigenvalue weighted by Crippen LogP contribution is -2.14. The summed E-state index contributed by atoms with van der Waals surface area (Å²) in [4.78, 5) is 0.158. The maximum absolute atomic E-state index is 12.3. The highest BCUT2D eigenvalue weighted by Gasteiger charge is 2.14. The van der Waals surface area contributed by atoms with Crippen molar-refractivity contribution in [1.82, 2.24) is 10.2 Å². The molecule has 0 saturated carbocycles. The molecule has 0 radical (unpaired) electrons. The van der Waals surface area contributed by atoms with Crippen molar-refractivity contribution in [3.05, 3.63) is 70.7 Å². The number of rotatable bonds is 5. The number of halogens is 1. The topological polar surface area (TPSA) is 84.0 Å². The van der Waals surface area contributed by atoms with E-state index in [4.69, 9.17) is 11.6 Å². The van der Waals surface area contributed by atoms with E-state index >= 15 is 0 Å². The Bertz CT molecular complexity index is 1000. The molecular formula is C18H17ClN4O2S. The molecule has 0 amide bonds. The predicted molar refractivity (Wildman–Crippen MR) is 103 cm³/mol. The molecule has 134 valence electrons. The second-order valence-electron chi connectivity index (χ2n) is 5.79. The summed E-state index contributed by atoms with van der Waals surface area (Å²) in [6, 6.07) is 15.1. The minimum atomic E-state index is -3.70. The zero-order valence-corrected chi connectivity index (χ0v) is 15.8. The fourth-order valence-electron chi connectivity index (χ4n) is 2.45. The van der Waals surface area contributed by atoms with Crippen molar-refractivity contribution in [1.29, 1.82) is 0 Å². The third-order valence-corrected chi connectivity index (χ3v) is 5.31. The van der Waals surface area contributed by atoms with E-state index in [9.17, 15) is 8.42 Å². The summed E-state index contributed by atoms with van der Waals surface area (Å²) in [5.41, 5.74) is 2.78. The third-order valence-electron chi connectivity index (χ3n) is 3.64. The van der Waals surface area contributed by atoms with Crippen molar-refractivity contribution >= 4 is 38.9 Å². The molecule has 3 rings (SSSR count). The Morgan fingerprint density at radius 2 is 1.58 bits per heavy atom. The standard InChI is InChI=1S/C18H17ClN4O2S/c1-12-10-13(2)18(15(19)11-12)20-16-8-9-17(22-21-16)23-26(24,25)14-6-4-3-5-7-14/h3-11H,1-2H3,(H,20,21)(H,22,23). The van der Waals surface area contributed by atoms with Crippen LogP contribution in [0.25, 0.3) is 0 Å². The molecule has 2 N–H and O–H groups in total. The van der Waals surface area contributed by atoms with Crippen molar-refractivity contribution in [2.24, 2.45) is 0 Å². The van der Waals surface area contributed by atoms with Crippen molar-refractivity contribution in [3.63, 3.8) is 0 Å². The maximum Gasteiger partial charge on any atom is 0.263 e. The van der Waals surface area contributed by atoms with Crippen LogP contribution in [-0.4, -0.2) is 18.6 Å². The summed E-state index contributed by atoms with van der Waals surface area (Å²) in [5, 5.41) is 11.6. The molecule has 8 heteroatoms. The first kappa shape index (κ1) is 18.2. The zero-order valence-electron chi connectivity index (χ0n) is 14.2. The number of aromatic nitrogens is 2. The molecule has 6 nitrogen and oxygen atoms in total. The van der Waals surface area contributed by atoms with E-state index in [1.165, 1.54) is 18.2 Å². The molecular weight excluding hydrogens is 372 g/mol. The fraction of sp³-hybridized carbons (Fsp3) is 0.111. The number of aryl methyl sites for hydroxylation is 2. The van der Waals surface area contributed by atoms with Gasteiger partial charge in [0.15, 0.2) is 11.6 Å². The largest absolute Gasteiger partial charge is 0.337 e. The highest BCUT2D eigenvalue weighted by Crippen LogP contribution is 2.29. The highest BCUT2D eigenvalue weighted by molar-refractivity contribution is 7.92. The van der Waals surface area contributed by atoms with Crippen LogP contribution in [0.5, 0.6) is 0 Å². The van der Waals surface area contributed by atoms with Crippen LogP contribution >= 0.6 is 11.6 Å². The van der Waals surface area contributed by atoms with Gasteiger partial charge in [-0.15, -0.1) is 10.2 Å². The van der Waals surface area contributed by atoms with E-state index < -0.39 is 10.0 Å². The highest BCUT2D eigenvalue weighted by atomic mass is 35.5. The van der Waals surface area contributed by atoms with Gasteiger partial charge in [-0.25, -0.2) is 8.42 Å². The maximum atomic E-state index is 12.3. The Labute approximate surface area is 157 Å². The van der Waals surface area contributed by atoms with E-state index in [1.54, 1.807) is 24.3 Å². The van der Waals surface area contributed by atoms with Gasteiger partial charge in [0.25, 0.3) is 10.0 Å². The molecule has 1 aromatic heterocycles. The average Bonchev–Trinajstić information content (AvgIpc) is 2.60. The van der Waals surface area contributed by atoms with Gasteiger partial charge < -0.3 is 5.32 Å². The van der Waals surface area contributed by atoms with Gasteiger partial charge in [-0.1, -0.05) is 35.9 Å². The number of anilines is 3. The SMILES string of the molecule is Cc1cc(C)c(Nc2ccc(NS(=O)(=O)c3ccccc3)nn2)c(Cl)c1. The molecule has 0 unspecified atom stereocenters. The molecule has 0 saturated heterocycles. The Kier molecular flexibility index (Phi) is 5.11. The molecule has 1 heterocycles. The minimum Gasteiger partial charge on any atom is -0.337 e. The van der Waals surface area contributed by atoms with Crippen LogP contribution < -0.4 is 10.0 Å². The Morgan fingerprint density at radius 1 is 0.923 bits per heavy atom. The third kappa shape index (κ3) is 4.12. The van der Waals surface area contributed by atoms with Crippen LogP contribution in [0.3, 0.4) is 0 Å². The minimum absolute atomic E-state index is 0.131. The van der Waals surface area contributed by atoms with Gasteiger partial charge in [0.05, 0.1) is 15.6 Å². The first-order chi connectivity index (χ1) is 12.3. The van der Waals surface area contributed by atoms with Crippen molar-refractivity contribution in [2.45, 2.75) is 18.7 Å². The van der Waals surface area contributed by atoms with Crippen molar-refractivity contribution in [2.75, 3.05) is 10.0 Å². The predicted octanol–water partition coefficient (Wildman–Crippen LogP) is 4.29. The number of nitrogens with one attached hydrogen (secondary N) is 2. The molecule has 0 aliphatic rings. The summed E-state index contributed by atoms with van der Waals surface area (Å²) in [5.74, 6) is 0.590. The first-order valence-corrected chi connectivity index (χ1v) is 9.66. The molecule has 0 bridgehead atoms. The Balaban J connectivity index is 1.77. The normalized spacial score (nSPS) is 11.2. The second-order valence-corrected chi connectivity index (χ2v) is 7.88. The van der Waals surface area contributed by atoms with Crippen LogP contribution in [0.1, 0.15) is 11.1 Å². The van der Waals surface area contributed by atoms with Crippen LogP contribution in [0, 0.1) is 13.8 Å². The lowest BCUT2D eigenvalue weighted by atomic mass is 10.1. The average molecular weight is 389 g/mol. The zero-order chi connectivity index (χ0) is 18.7. The molecule has 0 fully saturated rings. The summed E-state index contributed by atoms with van der Waals surface area (Å²) in [6.45, 7) is 3.91. The molecule has 0 atom stereocenters. The van der Waals surface area contributed by atoms with Gasteiger partial charge in [-0.05, 0) is 55.3 Å². The van der Waals surface area contributed by atoms with Crippen molar-refractivity contribution < 1.29 is 8.42 Å². The van der Waals surface area contributed by atoms with E-state index in [1.807, 2.05) is 26.0 Å². The summed E-state index contributed by atoms with van der Waals surface area (Å²) in [7, 11) is -3.70. The Hall–Kier alpha value is -2.64. The first-order valence-electron chi connectivity index (χ1n) is 7.80. The van der Waals surface area contributed by atoms with Crippen LogP contribution in [0.2, 0.25) is 5.02 Å². The molecule has 3 aromatic rings. The Morgan fingerprint density at radius 3 is 2.19 bits per heavy atom. The van der Waals surface area contributed by atoms with Gasteiger partial charge in [0, 0.05) is 0 Å². The summed E-state index contributed by atoms with van der Waals surface area (Å²) >= 11 is 6.27. The van der Waals surface area contributed by atoms with Crippen LogP contribution in [0.4, 0.5) is 17.3 Å². The van der Waals surface area contributed by atoms with Gasteiger partial charge in [0.1, 0.15) is 0 Å². The molecule has 26 heavy (non-hydrogen) atoms. The summed E-state index contributed by atoms with van der Waals surface area (Å²) < 4.78 is 27.0. The van der Waals surface area contributed by atoms with Gasteiger partial charge >= 0.3 is 0 Å². The number of hydrogen-bond donors (Lipinski definition) is 2. The number of sulfonamides is 1. The molecule has 0 spiro atoms. The van der Waals surface area contributed by atoms with E-state index in [0.717, 1.165) is 16.8 Å². The van der Waals surface area contributed by atoms with E-state index in [0.29, 0.717) is 10.8 Å². The molecule has 0 aliphatic heterocycles. The fourth-order valence-corrected chi connectivity index (χ4v) is 3.84.